The fourth-order valence-electron chi connectivity index (χ4n) is 0.946. The molecule has 1 aromatic rings. The summed E-state index contributed by atoms with van der Waals surface area (Å²) in [7, 11) is 0. The molecule has 0 heterocycles. The van der Waals surface area contributed by atoms with Crippen molar-refractivity contribution in [3.63, 3.8) is 0 Å². The van der Waals surface area contributed by atoms with E-state index < -0.39 is 0 Å². The molecule has 0 aliphatic carbocycles. The number of nitrogens with zero attached hydrogens (tertiary/aromatic N) is 1. The molecule has 1 rings (SSSR count). The summed E-state index contributed by atoms with van der Waals surface area (Å²) in [6.45, 7) is 0.454. The lowest BCUT2D eigenvalue weighted by Gasteiger charge is -2.07. The molecule has 78 valence electrons. The molecule has 0 bridgehead atoms. The van der Waals surface area contributed by atoms with Crippen LogP contribution in [0.4, 0.5) is 5.69 Å². The van der Waals surface area contributed by atoms with Gasteiger partial charge in [-0.15, -0.1) is 0 Å². The molecule has 5 heteroatoms. The normalized spacial score (nSPS) is 10.9. The van der Waals surface area contributed by atoms with Gasteiger partial charge in [0.1, 0.15) is 0 Å². The first-order valence-electron chi connectivity index (χ1n) is 4.05. The number of nitrogens with one attached hydrogen (secondary N) is 1. The van der Waals surface area contributed by atoms with E-state index in [0.29, 0.717) is 17.1 Å². The lowest BCUT2D eigenvalue weighted by atomic mass is 10.2. The average Bonchev–Trinajstić information content (AvgIpc) is 2.26. The van der Waals surface area contributed by atoms with Crippen LogP contribution in [0.3, 0.4) is 0 Å². The Balaban J connectivity index is 2.75. The van der Waals surface area contributed by atoms with E-state index >= 15 is 0 Å². The smallest absolute Gasteiger partial charge is 0.0992 e. The predicted octanol–water partition coefficient (Wildman–Crippen LogP) is 4.05. The number of halogens is 3. The molecule has 0 atom stereocenters. The quantitative estimate of drug-likeness (QED) is 0.914. The molecule has 0 aliphatic heterocycles. The molecule has 1 N–H and O–H groups in total. The summed E-state index contributed by atoms with van der Waals surface area (Å²) in [4.78, 5) is 0. The Morgan fingerprint density at radius 2 is 2.33 bits per heavy atom. The lowest BCUT2D eigenvalue weighted by Crippen LogP contribution is -2.01. The Morgan fingerprint density at radius 1 is 1.60 bits per heavy atom. The first-order valence-corrected chi connectivity index (χ1v) is 5.66. The maximum atomic E-state index is 8.67. The zero-order valence-corrected chi connectivity index (χ0v) is 10.7. The van der Waals surface area contributed by atoms with Crippen molar-refractivity contribution in [3.8, 4) is 6.07 Å². The van der Waals surface area contributed by atoms with Gasteiger partial charge in [0.05, 0.1) is 18.2 Å². The molecule has 0 aliphatic rings. The molecule has 0 saturated carbocycles. The van der Waals surface area contributed by atoms with E-state index in [-0.39, 0.29) is 0 Å². The van der Waals surface area contributed by atoms with Crippen LogP contribution < -0.4 is 5.32 Å². The fourth-order valence-corrected chi connectivity index (χ4v) is 1.61. The molecule has 0 radical (unpaired) electrons. The van der Waals surface area contributed by atoms with Crippen LogP contribution >= 0.6 is 39.1 Å². The summed E-state index contributed by atoms with van der Waals surface area (Å²) >= 11 is 14.5. The maximum Gasteiger partial charge on any atom is 0.0992 e. The zero-order chi connectivity index (χ0) is 11.3. The van der Waals surface area contributed by atoms with Gasteiger partial charge in [-0.2, -0.15) is 5.26 Å². The van der Waals surface area contributed by atoms with Crippen molar-refractivity contribution in [2.75, 3.05) is 11.9 Å². The minimum absolute atomic E-state index is 0.454. The van der Waals surface area contributed by atoms with Gasteiger partial charge < -0.3 is 5.32 Å². The van der Waals surface area contributed by atoms with Crippen molar-refractivity contribution < 1.29 is 0 Å². The van der Waals surface area contributed by atoms with Crippen molar-refractivity contribution in [1.82, 2.24) is 0 Å². The van der Waals surface area contributed by atoms with Gasteiger partial charge >= 0.3 is 0 Å². The van der Waals surface area contributed by atoms with E-state index in [0.717, 1.165) is 10.2 Å². The summed E-state index contributed by atoms with van der Waals surface area (Å²) in [5.74, 6) is 0. The van der Waals surface area contributed by atoms with Gasteiger partial charge in [-0.1, -0.05) is 23.2 Å². The standard InChI is InChI=1S/C10H7BrCl2N2/c11-9-3-7(5-14)1-2-10(9)15-6-8(13)4-12/h1-4,15H,6H2/b8-4+. The Morgan fingerprint density at radius 3 is 2.87 bits per heavy atom. The second kappa shape index (κ2) is 6.02. The molecule has 2 nitrogen and oxygen atoms in total. The zero-order valence-electron chi connectivity index (χ0n) is 7.60. The molecule has 15 heavy (non-hydrogen) atoms. The fraction of sp³-hybridized carbons (Fsp3) is 0.100. The number of nitriles is 1. The third-order valence-electron chi connectivity index (χ3n) is 1.66. The highest BCUT2D eigenvalue weighted by molar-refractivity contribution is 9.10. The monoisotopic (exact) mass is 304 g/mol. The van der Waals surface area contributed by atoms with Crippen LogP contribution in [0.15, 0.2) is 33.2 Å². The van der Waals surface area contributed by atoms with E-state index in [9.17, 15) is 0 Å². The molecule has 0 unspecified atom stereocenters. The third kappa shape index (κ3) is 3.75. The predicted molar refractivity (Wildman–Crippen MR) is 67.1 cm³/mol. The molecule has 0 spiro atoms. The van der Waals surface area contributed by atoms with Crippen molar-refractivity contribution in [1.29, 1.82) is 5.26 Å². The van der Waals surface area contributed by atoms with Crippen LogP contribution in [0.25, 0.3) is 0 Å². The van der Waals surface area contributed by atoms with Gasteiger partial charge in [0.2, 0.25) is 0 Å². The summed E-state index contributed by atoms with van der Waals surface area (Å²) in [5, 5.41) is 12.3. The highest BCUT2D eigenvalue weighted by Gasteiger charge is 2.01. The molecule has 0 saturated heterocycles. The Kier molecular flexibility index (Phi) is 4.97. The summed E-state index contributed by atoms with van der Waals surface area (Å²) in [5.41, 5.74) is 2.78. The van der Waals surface area contributed by atoms with Crippen molar-refractivity contribution in [2.24, 2.45) is 0 Å². The second-order valence-corrected chi connectivity index (χ2v) is 4.27. The summed E-state index contributed by atoms with van der Waals surface area (Å²) in [6.07, 6.45) is 0. The number of hydrogen-bond acceptors (Lipinski definition) is 2. The first-order chi connectivity index (χ1) is 7.17. The summed E-state index contributed by atoms with van der Waals surface area (Å²) < 4.78 is 0.820. The van der Waals surface area contributed by atoms with E-state index in [4.69, 9.17) is 28.5 Å². The number of anilines is 1. The van der Waals surface area contributed by atoms with Crippen molar-refractivity contribution in [3.05, 3.63) is 38.8 Å². The van der Waals surface area contributed by atoms with Crippen LogP contribution in [0, 0.1) is 11.3 Å². The Hall–Kier alpha value is -0.690. The van der Waals surface area contributed by atoms with Gasteiger partial charge in [0.15, 0.2) is 0 Å². The van der Waals surface area contributed by atoms with Gasteiger partial charge in [0.25, 0.3) is 0 Å². The van der Waals surface area contributed by atoms with E-state index in [1.54, 1.807) is 18.2 Å². The Bertz CT molecular complexity index is 424. The van der Waals surface area contributed by atoms with Crippen LogP contribution in [-0.4, -0.2) is 6.54 Å². The minimum atomic E-state index is 0.454. The van der Waals surface area contributed by atoms with Gasteiger partial charge in [-0.25, -0.2) is 0 Å². The summed E-state index contributed by atoms with van der Waals surface area (Å²) in [6, 6.07) is 7.33. The lowest BCUT2D eigenvalue weighted by molar-refractivity contribution is 1.30. The van der Waals surface area contributed by atoms with Crippen LogP contribution in [0.5, 0.6) is 0 Å². The molecular weight excluding hydrogens is 299 g/mol. The molecule has 0 aromatic heterocycles. The molecular formula is C10H7BrCl2N2. The number of hydrogen-bond donors (Lipinski definition) is 1. The van der Waals surface area contributed by atoms with Crippen LogP contribution in [-0.2, 0) is 0 Å². The van der Waals surface area contributed by atoms with Crippen molar-refractivity contribution >= 4 is 44.8 Å². The SMILES string of the molecule is N#Cc1ccc(NC/C(Cl)=C\Cl)c(Br)c1. The first kappa shape index (κ1) is 12.4. The minimum Gasteiger partial charge on any atom is -0.379 e. The highest BCUT2D eigenvalue weighted by Crippen LogP contribution is 2.23. The van der Waals surface area contributed by atoms with Crippen molar-refractivity contribution in [2.45, 2.75) is 0 Å². The van der Waals surface area contributed by atoms with Gasteiger partial charge in [-0.05, 0) is 34.1 Å². The van der Waals surface area contributed by atoms with Gasteiger partial charge in [-0.3, -0.25) is 0 Å². The Labute approximate surface area is 107 Å². The maximum absolute atomic E-state index is 8.67. The number of benzene rings is 1. The van der Waals surface area contributed by atoms with Gasteiger partial charge in [0, 0.05) is 20.7 Å². The van der Waals surface area contributed by atoms with E-state index in [1.165, 1.54) is 5.54 Å². The average molecular weight is 306 g/mol. The molecule has 0 amide bonds. The second-order valence-electron chi connectivity index (χ2n) is 2.72. The largest absolute Gasteiger partial charge is 0.379 e. The van der Waals surface area contributed by atoms with Crippen LogP contribution in [0.1, 0.15) is 5.56 Å². The topological polar surface area (TPSA) is 35.8 Å². The van der Waals surface area contributed by atoms with E-state index in [2.05, 4.69) is 27.3 Å². The van der Waals surface area contributed by atoms with E-state index in [1.807, 2.05) is 0 Å². The van der Waals surface area contributed by atoms with Crippen LogP contribution in [0.2, 0.25) is 0 Å². The molecule has 0 fully saturated rings. The number of rotatable bonds is 3. The molecule has 1 aromatic carbocycles. The highest BCUT2D eigenvalue weighted by atomic mass is 79.9. The third-order valence-corrected chi connectivity index (χ3v) is 2.94.